The summed E-state index contributed by atoms with van der Waals surface area (Å²) in [5.74, 6) is 4.53. The SMILES string of the molecule is CC(C)c1ccccc1N1c2ccccc2N(C(C)C)C1C(C)C.CC(C)c1ccccc1N1c2ccccc2N(C)C1C(C)C.CC(C)c1ccccc1N1c2ccccc2N(c2ccccc2)C1C(C)C.Cc1cccc(C)c1N1C=CN(c2ccccc2C(C)C)C1C(C)C.[2H]C([2H])([2H])N1c2ccccc2N(c2ccccc2C(C)C)C1C(C)C. The second-order valence-corrected chi connectivity index (χ2v) is 36.8. The maximum Gasteiger partial charge on any atom is 0.113 e. The molecular weight excluding hydrogens is 1460 g/mol. The molecular formula is C110H140N10. The van der Waals surface area contributed by atoms with Gasteiger partial charge in [-0.05, 0) is 217 Å². The highest BCUT2D eigenvalue weighted by molar-refractivity contribution is 5.91. The molecule has 5 atom stereocenters. The van der Waals surface area contributed by atoms with Gasteiger partial charge < -0.3 is 49.0 Å². The Hall–Kier alpha value is -10.8. The molecule has 120 heavy (non-hydrogen) atoms. The molecule has 0 aliphatic carbocycles. The number of benzene rings is 11. The summed E-state index contributed by atoms with van der Waals surface area (Å²) in [4.78, 5) is 23.8. The Balaban J connectivity index is 0.000000141. The van der Waals surface area contributed by atoms with Crippen LogP contribution in [0.3, 0.4) is 0 Å². The van der Waals surface area contributed by atoms with E-state index >= 15 is 0 Å². The molecule has 5 unspecified atom stereocenters. The van der Waals surface area contributed by atoms with Gasteiger partial charge in [-0.25, -0.2) is 0 Å². The van der Waals surface area contributed by atoms with Gasteiger partial charge in [-0.3, -0.25) is 0 Å². The van der Waals surface area contributed by atoms with Gasteiger partial charge in [0.25, 0.3) is 0 Å². The number of rotatable bonds is 18. The average molecular weight is 1610 g/mol. The van der Waals surface area contributed by atoms with E-state index in [1.807, 2.05) is 36.4 Å². The second-order valence-electron chi connectivity index (χ2n) is 36.8. The third-order valence-corrected chi connectivity index (χ3v) is 24.3. The summed E-state index contributed by atoms with van der Waals surface area (Å²) in [6.07, 6.45) is 5.49. The molecule has 10 heteroatoms. The second kappa shape index (κ2) is 38.7. The van der Waals surface area contributed by atoms with E-state index in [0.29, 0.717) is 77.8 Å². The van der Waals surface area contributed by atoms with Crippen molar-refractivity contribution >= 4 is 85.3 Å². The minimum atomic E-state index is -2.19. The predicted molar refractivity (Wildman–Crippen MR) is 523 cm³/mol. The van der Waals surface area contributed by atoms with E-state index in [4.69, 9.17) is 4.11 Å². The maximum atomic E-state index is 8.11. The summed E-state index contributed by atoms with van der Waals surface area (Å²) in [7, 11) is 2.21. The van der Waals surface area contributed by atoms with Crippen molar-refractivity contribution in [2.45, 2.75) is 233 Å². The monoisotopic (exact) mass is 1600 g/mol. The molecule has 10 nitrogen and oxygen atoms in total. The van der Waals surface area contributed by atoms with Gasteiger partial charge in [-0.1, -0.05) is 314 Å². The minimum Gasteiger partial charge on any atom is -0.352 e. The van der Waals surface area contributed by atoms with Crippen LogP contribution in [0.25, 0.3) is 0 Å². The lowest BCUT2D eigenvalue weighted by molar-refractivity contribution is 0.451. The fourth-order valence-electron chi connectivity index (χ4n) is 19.1. The smallest absolute Gasteiger partial charge is 0.113 e. The van der Waals surface area contributed by atoms with Crippen LogP contribution in [0.5, 0.6) is 0 Å². The zero-order valence-electron chi connectivity index (χ0n) is 79.8. The fraction of sp³-hybridized carbons (Fsp3) is 0.382. The standard InChI is InChI=1S/C25H28N2.C23H30N2.C22H30N2.2C20H26N2/c1-18(2)21-14-8-9-15-22(21)27-24-17-11-10-16-23(24)26(25(27)19(3)4)20-12-6-5-7-13-20;1-16(2)20-12-7-8-13-21(20)24-14-15-25(23(24)17(3)4)22-18(5)10-9-11-19(22)6;1-15(2)18-11-7-8-12-19(18)24-21-14-10-9-13-20(21)23(17(5)6)22(24)16(3)4;2*1-14(2)16-10-6-7-11-17(16)22-19-13-9-8-12-18(19)21(5)20(22)15(3)4/h5-19,25H,1-4H3;7-17,23H,1-6H3;7-17,22H,1-6H3;2*6-15,20H,1-5H3/i;;;5D3;. The van der Waals surface area contributed by atoms with E-state index in [0.717, 1.165) is 17.1 Å². The highest BCUT2D eigenvalue weighted by Gasteiger charge is 2.44. The Morgan fingerprint density at radius 2 is 0.500 bits per heavy atom. The number of anilines is 15. The number of fused-ring (bicyclic) bond motifs is 4. The van der Waals surface area contributed by atoms with Gasteiger partial charge in [0.2, 0.25) is 0 Å². The summed E-state index contributed by atoms with van der Waals surface area (Å²) in [5, 5.41) is 0. The molecule has 0 N–H and O–H groups in total. The van der Waals surface area contributed by atoms with Crippen molar-refractivity contribution in [3.63, 3.8) is 0 Å². The summed E-state index contributed by atoms with van der Waals surface area (Å²) >= 11 is 0. The van der Waals surface area contributed by atoms with Crippen LogP contribution in [0.2, 0.25) is 0 Å². The summed E-state index contributed by atoms with van der Waals surface area (Å²) < 4.78 is 24.3. The molecule has 0 spiro atoms. The summed E-state index contributed by atoms with van der Waals surface area (Å²) in [6, 6.07) is 95.7. The van der Waals surface area contributed by atoms with Crippen LogP contribution in [0.15, 0.2) is 279 Å². The van der Waals surface area contributed by atoms with Crippen LogP contribution in [-0.2, 0) is 0 Å². The normalized spacial score (nSPS) is 17.6. The van der Waals surface area contributed by atoms with Crippen molar-refractivity contribution in [3.8, 4) is 0 Å². The molecule has 630 valence electrons. The average Bonchev–Trinajstić information content (AvgIpc) is 1.60. The molecule has 11 aromatic carbocycles. The van der Waals surface area contributed by atoms with E-state index in [9.17, 15) is 0 Å². The van der Waals surface area contributed by atoms with Gasteiger partial charge in [-0.15, -0.1) is 0 Å². The van der Waals surface area contributed by atoms with Crippen LogP contribution < -0.4 is 49.0 Å². The van der Waals surface area contributed by atoms with Crippen LogP contribution in [0.4, 0.5) is 85.3 Å². The molecule has 0 saturated carbocycles. The Morgan fingerprint density at radius 3 is 0.858 bits per heavy atom. The number of para-hydroxylation sites is 15. The lowest BCUT2D eigenvalue weighted by atomic mass is 9.99. The molecule has 5 heterocycles. The van der Waals surface area contributed by atoms with Crippen LogP contribution in [0.1, 0.15) is 225 Å². The molecule has 11 aromatic rings. The molecule has 16 rings (SSSR count). The third-order valence-electron chi connectivity index (χ3n) is 24.3. The van der Waals surface area contributed by atoms with Crippen molar-refractivity contribution in [1.82, 2.24) is 0 Å². The van der Waals surface area contributed by atoms with Crippen molar-refractivity contribution in [1.29, 1.82) is 0 Å². The number of hydrogen-bond donors (Lipinski definition) is 0. The zero-order chi connectivity index (χ0) is 88.7. The largest absolute Gasteiger partial charge is 0.352 e. The molecule has 5 aliphatic heterocycles. The first-order valence-electron chi connectivity index (χ1n) is 46.1. The zero-order valence-corrected chi connectivity index (χ0v) is 76.8. The van der Waals surface area contributed by atoms with Gasteiger partial charge in [0.1, 0.15) is 30.8 Å². The molecule has 0 radical (unpaired) electrons. The summed E-state index contributed by atoms with van der Waals surface area (Å²) in [5.41, 5.74) is 28.1. The van der Waals surface area contributed by atoms with E-state index in [1.54, 1.807) is 4.90 Å². The van der Waals surface area contributed by atoms with Crippen LogP contribution in [0, 0.1) is 43.4 Å². The quantitative estimate of drug-likeness (QED) is 0.0828. The lowest BCUT2D eigenvalue weighted by Gasteiger charge is -2.39. The van der Waals surface area contributed by atoms with Gasteiger partial charge in [0.15, 0.2) is 0 Å². The van der Waals surface area contributed by atoms with Crippen molar-refractivity contribution in [2.24, 2.45) is 29.6 Å². The van der Waals surface area contributed by atoms with Crippen molar-refractivity contribution < 1.29 is 4.11 Å². The third kappa shape index (κ3) is 18.0. The predicted octanol–water partition coefficient (Wildman–Crippen LogP) is 30.2. The number of hydrogen-bond acceptors (Lipinski definition) is 10. The highest BCUT2D eigenvalue weighted by Crippen LogP contribution is 2.54. The van der Waals surface area contributed by atoms with Gasteiger partial charge in [-0.2, -0.15) is 0 Å². The van der Waals surface area contributed by atoms with E-state index in [1.165, 1.54) is 107 Å². The van der Waals surface area contributed by atoms with Gasteiger partial charge in [0, 0.05) is 76.4 Å². The van der Waals surface area contributed by atoms with E-state index in [2.05, 4.69) is 460 Å². The first-order valence-corrected chi connectivity index (χ1v) is 44.6. The van der Waals surface area contributed by atoms with Gasteiger partial charge >= 0.3 is 0 Å². The Bertz CT molecular complexity index is 5310. The van der Waals surface area contributed by atoms with Crippen molar-refractivity contribution in [3.05, 3.63) is 318 Å². The highest BCUT2D eigenvalue weighted by atomic mass is 15.5. The topological polar surface area (TPSA) is 32.4 Å². The molecule has 5 aliphatic rings. The Labute approximate surface area is 728 Å². The minimum absolute atomic E-state index is 0.146. The fourth-order valence-corrected chi connectivity index (χ4v) is 19.1. The summed E-state index contributed by atoms with van der Waals surface area (Å²) in [6.45, 7) is 52.1. The first-order chi connectivity index (χ1) is 58.7. The molecule has 0 aromatic heterocycles. The first kappa shape index (κ1) is 84.2. The Morgan fingerprint density at radius 1 is 0.233 bits per heavy atom. The maximum absolute atomic E-state index is 8.11. The number of nitrogens with zero attached hydrogens (tertiary/aromatic N) is 10. The lowest BCUT2D eigenvalue weighted by Crippen LogP contribution is -2.48. The van der Waals surface area contributed by atoms with Crippen LogP contribution in [-0.4, -0.2) is 50.9 Å². The van der Waals surface area contributed by atoms with Crippen LogP contribution >= 0.6 is 0 Å². The Kier molecular flexibility index (Phi) is 27.1. The molecule has 0 amide bonds. The van der Waals surface area contributed by atoms with E-state index < -0.39 is 6.98 Å². The molecule has 0 fully saturated rings. The number of aryl methyl sites for hydroxylation is 2. The molecule has 0 bridgehead atoms. The molecule has 0 saturated heterocycles. The van der Waals surface area contributed by atoms with Crippen molar-refractivity contribution in [2.75, 3.05) is 63.0 Å². The van der Waals surface area contributed by atoms with Gasteiger partial charge in [0.05, 0.1) is 45.5 Å². The van der Waals surface area contributed by atoms with E-state index in [-0.39, 0.29) is 18.2 Å².